The number of rotatable bonds is 8. The molecule has 0 radical (unpaired) electrons. The predicted octanol–water partition coefficient (Wildman–Crippen LogP) is 4.73. The van der Waals surface area contributed by atoms with Crippen LogP contribution >= 0.6 is 11.6 Å². The summed E-state index contributed by atoms with van der Waals surface area (Å²) in [5.74, 6) is 0.439. The maximum absolute atomic E-state index is 9.23. The van der Waals surface area contributed by atoms with Crippen molar-refractivity contribution in [3.8, 4) is 12.1 Å². The summed E-state index contributed by atoms with van der Waals surface area (Å²) in [5.41, 5.74) is 5.46. The molecule has 0 saturated heterocycles. The average molecular weight is 418 g/mol. The molecule has 0 N–H and O–H groups in total. The number of alkyl halides is 1. The van der Waals surface area contributed by atoms with Gasteiger partial charge in [-0.15, -0.1) is 11.6 Å². The van der Waals surface area contributed by atoms with Gasteiger partial charge in [-0.1, -0.05) is 24.3 Å². The second-order valence-corrected chi connectivity index (χ2v) is 7.78. The standard InChI is InChI=1S/C24H24ClN5/c1-18-9-19(2)30(28-18)24(12-25)17-29(15-22-7-3-5-20(10-22)13-26)16-23-8-4-6-21(11-23)14-27/h3-11,24H,12,15-17H2,1-2H3/t24-/m1/s1. The van der Waals surface area contributed by atoms with Crippen molar-refractivity contribution in [2.75, 3.05) is 12.4 Å². The Labute approximate surface area is 182 Å². The number of hydrogen-bond donors (Lipinski definition) is 0. The van der Waals surface area contributed by atoms with Crippen LogP contribution in [0.25, 0.3) is 0 Å². The molecule has 0 fully saturated rings. The fourth-order valence-electron chi connectivity index (χ4n) is 3.69. The largest absolute Gasteiger partial charge is 0.293 e. The van der Waals surface area contributed by atoms with E-state index in [1.165, 1.54) is 0 Å². The van der Waals surface area contributed by atoms with Gasteiger partial charge in [-0.05, 0) is 55.3 Å². The van der Waals surface area contributed by atoms with Gasteiger partial charge < -0.3 is 0 Å². The molecule has 0 aliphatic carbocycles. The highest BCUT2D eigenvalue weighted by molar-refractivity contribution is 6.18. The van der Waals surface area contributed by atoms with Crippen LogP contribution in [-0.4, -0.2) is 27.1 Å². The van der Waals surface area contributed by atoms with Gasteiger partial charge in [-0.3, -0.25) is 9.58 Å². The summed E-state index contributed by atoms with van der Waals surface area (Å²) in [5, 5.41) is 23.1. The first-order chi connectivity index (χ1) is 14.5. The van der Waals surface area contributed by atoms with Gasteiger partial charge in [0.2, 0.25) is 0 Å². The number of halogens is 1. The molecule has 0 amide bonds. The quantitative estimate of drug-likeness (QED) is 0.497. The number of benzene rings is 2. The Morgan fingerprint density at radius 1 is 0.967 bits per heavy atom. The monoisotopic (exact) mass is 417 g/mol. The van der Waals surface area contributed by atoms with Gasteiger partial charge in [0.05, 0.1) is 35.0 Å². The van der Waals surface area contributed by atoms with Gasteiger partial charge in [0.1, 0.15) is 0 Å². The molecule has 0 aliphatic heterocycles. The molecule has 0 saturated carbocycles. The second kappa shape index (κ2) is 10.1. The molecule has 2 aromatic carbocycles. The van der Waals surface area contributed by atoms with E-state index >= 15 is 0 Å². The van der Waals surface area contributed by atoms with E-state index in [1.807, 2.05) is 67.1 Å². The van der Waals surface area contributed by atoms with Crippen LogP contribution in [-0.2, 0) is 13.1 Å². The van der Waals surface area contributed by atoms with Crippen molar-refractivity contribution >= 4 is 11.6 Å². The van der Waals surface area contributed by atoms with Crippen LogP contribution < -0.4 is 0 Å². The van der Waals surface area contributed by atoms with Crippen molar-refractivity contribution in [2.24, 2.45) is 0 Å². The minimum atomic E-state index is 0.0127. The molecule has 3 aromatic rings. The van der Waals surface area contributed by atoms with E-state index in [2.05, 4.69) is 28.2 Å². The molecule has 1 heterocycles. The van der Waals surface area contributed by atoms with Crippen LogP contribution in [0.4, 0.5) is 0 Å². The summed E-state index contributed by atoms with van der Waals surface area (Å²) in [4.78, 5) is 2.29. The molecular weight excluding hydrogens is 394 g/mol. The average Bonchev–Trinajstić information content (AvgIpc) is 3.09. The highest BCUT2D eigenvalue weighted by Crippen LogP contribution is 2.19. The zero-order chi connectivity index (χ0) is 21.5. The normalized spacial score (nSPS) is 11.8. The molecule has 6 heteroatoms. The van der Waals surface area contributed by atoms with Crippen LogP contribution in [0, 0.1) is 36.5 Å². The van der Waals surface area contributed by atoms with Crippen LogP contribution in [0.5, 0.6) is 0 Å². The van der Waals surface area contributed by atoms with Crippen LogP contribution in [0.15, 0.2) is 54.6 Å². The first kappa shape index (κ1) is 21.6. The van der Waals surface area contributed by atoms with Crippen LogP contribution in [0.2, 0.25) is 0 Å². The highest BCUT2D eigenvalue weighted by atomic mass is 35.5. The Hall–Kier alpha value is -3.12. The molecule has 0 spiro atoms. The summed E-state index contributed by atoms with van der Waals surface area (Å²) in [7, 11) is 0. The number of nitrogens with zero attached hydrogens (tertiary/aromatic N) is 5. The molecule has 0 bridgehead atoms. The maximum Gasteiger partial charge on any atom is 0.0991 e. The highest BCUT2D eigenvalue weighted by Gasteiger charge is 2.19. The van der Waals surface area contributed by atoms with Gasteiger partial charge in [-0.25, -0.2) is 0 Å². The SMILES string of the molecule is Cc1cc(C)n([C@H](CCl)CN(Cc2cccc(C#N)c2)Cc2cccc(C#N)c2)n1. The second-order valence-electron chi connectivity index (χ2n) is 7.47. The Balaban J connectivity index is 1.88. The third-order valence-corrected chi connectivity index (χ3v) is 5.32. The number of hydrogen-bond acceptors (Lipinski definition) is 4. The number of nitriles is 2. The zero-order valence-electron chi connectivity index (χ0n) is 17.2. The Morgan fingerprint density at radius 3 is 1.97 bits per heavy atom. The van der Waals surface area contributed by atoms with Crippen molar-refractivity contribution in [1.29, 1.82) is 10.5 Å². The smallest absolute Gasteiger partial charge is 0.0991 e. The first-order valence-electron chi connectivity index (χ1n) is 9.81. The van der Waals surface area contributed by atoms with Gasteiger partial charge >= 0.3 is 0 Å². The lowest BCUT2D eigenvalue weighted by Gasteiger charge is -2.28. The summed E-state index contributed by atoms with van der Waals surface area (Å²) >= 11 is 6.36. The van der Waals surface area contributed by atoms with Crippen molar-refractivity contribution in [1.82, 2.24) is 14.7 Å². The predicted molar refractivity (Wildman–Crippen MR) is 118 cm³/mol. The maximum atomic E-state index is 9.23. The Morgan fingerprint density at radius 2 is 1.53 bits per heavy atom. The Kier molecular flexibility index (Phi) is 7.25. The summed E-state index contributed by atoms with van der Waals surface area (Å²) in [6, 6.07) is 21.8. The van der Waals surface area contributed by atoms with Gasteiger partial charge in [0.25, 0.3) is 0 Å². The van der Waals surface area contributed by atoms with Crippen molar-refractivity contribution < 1.29 is 0 Å². The van der Waals surface area contributed by atoms with E-state index in [0.29, 0.717) is 36.6 Å². The number of aromatic nitrogens is 2. The van der Waals surface area contributed by atoms with E-state index in [1.54, 1.807) is 0 Å². The fraction of sp³-hybridized carbons (Fsp3) is 0.292. The minimum Gasteiger partial charge on any atom is -0.293 e. The topological polar surface area (TPSA) is 68.6 Å². The van der Waals surface area contributed by atoms with E-state index < -0.39 is 0 Å². The third kappa shape index (κ3) is 5.48. The van der Waals surface area contributed by atoms with Crippen LogP contribution in [0.1, 0.15) is 39.7 Å². The molecule has 1 aromatic heterocycles. The third-order valence-electron chi connectivity index (χ3n) is 4.96. The van der Waals surface area contributed by atoms with E-state index in [0.717, 1.165) is 22.5 Å². The van der Waals surface area contributed by atoms with Crippen molar-refractivity contribution in [2.45, 2.75) is 33.0 Å². The van der Waals surface area contributed by atoms with E-state index in [-0.39, 0.29) is 6.04 Å². The fourth-order valence-corrected chi connectivity index (χ4v) is 3.91. The summed E-state index contributed by atoms with van der Waals surface area (Å²) in [6.07, 6.45) is 0. The van der Waals surface area contributed by atoms with E-state index in [4.69, 9.17) is 11.6 Å². The summed E-state index contributed by atoms with van der Waals surface area (Å²) < 4.78 is 1.99. The first-order valence-corrected chi connectivity index (χ1v) is 10.3. The Bertz CT molecular complexity index is 1030. The lowest BCUT2D eigenvalue weighted by Crippen LogP contribution is -2.32. The zero-order valence-corrected chi connectivity index (χ0v) is 18.0. The molecule has 5 nitrogen and oxygen atoms in total. The molecular formula is C24H24ClN5. The molecule has 0 aliphatic rings. The van der Waals surface area contributed by atoms with Crippen LogP contribution in [0.3, 0.4) is 0 Å². The van der Waals surface area contributed by atoms with Crippen molar-refractivity contribution in [3.05, 3.63) is 88.2 Å². The van der Waals surface area contributed by atoms with Gasteiger partial charge in [0.15, 0.2) is 0 Å². The lowest BCUT2D eigenvalue weighted by atomic mass is 10.1. The van der Waals surface area contributed by atoms with Gasteiger partial charge in [0, 0.05) is 31.2 Å². The molecule has 3 rings (SSSR count). The molecule has 152 valence electrons. The van der Waals surface area contributed by atoms with Gasteiger partial charge in [-0.2, -0.15) is 15.6 Å². The van der Waals surface area contributed by atoms with Crippen molar-refractivity contribution in [3.63, 3.8) is 0 Å². The minimum absolute atomic E-state index is 0.0127. The lowest BCUT2D eigenvalue weighted by molar-refractivity contribution is 0.215. The number of aryl methyl sites for hydroxylation is 2. The van der Waals surface area contributed by atoms with E-state index in [9.17, 15) is 10.5 Å². The summed E-state index contributed by atoms with van der Waals surface area (Å²) in [6.45, 7) is 6.04. The molecule has 30 heavy (non-hydrogen) atoms. The molecule has 1 atom stereocenters. The molecule has 0 unspecified atom stereocenters.